The predicted octanol–water partition coefficient (Wildman–Crippen LogP) is 2.86. The molecule has 1 N–H and O–H groups in total. The zero-order valence-corrected chi connectivity index (χ0v) is 18.3. The molecule has 0 radical (unpaired) electrons. The monoisotopic (exact) mass is 458 g/mol. The summed E-state index contributed by atoms with van der Waals surface area (Å²) >= 11 is 0. The Balaban J connectivity index is 1.42. The van der Waals surface area contributed by atoms with Crippen molar-refractivity contribution in [2.75, 3.05) is 25.0 Å². The van der Waals surface area contributed by atoms with Crippen LogP contribution in [0.2, 0.25) is 0 Å². The summed E-state index contributed by atoms with van der Waals surface area (Å²) in [5.74, 6) is 0.837. The third-order valence-electron chi connectivity index (χ3n) is 4.90. The molecule has 32 heavy (non-hydrogen) atoms. The number of nitrogens with one attached hydrogen (secondary N) is 1. The molecule has 0 saturated heterocycles. The number of rotatable bonds is 7. The van der Waals surface area contributed by atoms with Crippen molar-refractivity contribution in [2.24, 2.45) is 0 Å². The molecule has 0 spiro atoms. The van der Waals surface area contributed by atoms with E-state index < -0.39 is 22.0 Å². The molecule has 10 nitrogen and oxygen atoms in total. The van der Waals surface area contributed by atoms with Gasteiger partial charge in [-0.05, 0) is 36.4 Å². The maximum absolute atomic E-state index is 12.6. The normalized spacial score (nSPS) is 15.5. The molecular formula is C21H22N4O6S. The van der Waals surface area contributed by atoms with E-state index in [1.165, 1.54) is 28.6 Å². The lowest BCUT2D eigenvalue weighted by Crippen LogP contribution is -2.30. The van der Waals surface area contributed by atoms with Crippen LogP contribution in [-0.2, 0) is 10.0 Å². The molecule has 0 fully saturated rings. The van der Waals surface area contributed by atoms with Gasteiger partial charge in [-0.3, -0.25) is 10.1 Å². The molecule has 4 rings (SSSR count). The predicted molar refractivity (Wildman–Crippen MR) is 114 cm³/mol. The summed E-state index contributed by atoms with van der Waals surface area (Å²) in [7, 11) is -3.60. The average Bonchev–Trinajstić information content (AvgIpc) is 3.28. The Morgan fingerprint density at radius 2 is 1.75 bits per heavy atom. The minimum absolute atomic E-state index is 0.104. The second kappa shape index (κ2) is 8.97. The topological polar surface area (TPSA) is 124 Å². The number of para-hydroxylation sites is 2. The second-order valence-corrected chi connectivity index (χ2v) is 8.82. The van der Waals surface area contributed by atoms with Crippen molar-refractivity contribution in [3.8, 4) is 11.5 Å². The summed E-state index contributed by atoms with van der Waals surface area (Å²) in [5.41, 5.74) is 0.245. The summed E-state index contributed by atoms with van der Waals surface area (Å²) in [4.78, 5) is 12.6. The fraction of sp³-hybridized carbons (Fsp3) is 0.286. The summed E-state index contributed by atoms with van der Waals surface area (Å²) in [6.07, 6.45) is -0.604. The van der Waals surface area contributed by atoms with Gasteiger partial charge in [0.2, 0.25) is 16.1 Å². The first-order chi connectivity index (χ1) is 15.4. The van der Waals surface area contributed by atoms with Gasteiger partial charge in [0, 0.05) is 18.7 Å². The van der Waals surface area contributed by atoms with Crippen molar-refractivity contribution in [3.05, 3.63) is 60.0 Å². The molecule has 1 atom stereocenters. The van der Waals surface area contributed by atoms with Gasteiger partial charge in [-0.1, -0.05) is 31.1 Å². The Kier molecular flexibility index (Phi) is 6.10. The molecule has 2 heterocycles. The van der Waals surface area contributed by atoms with E-state index in [2.05, 4.69) is 15.5 Å². The number of nitrogens with zero attached hydrogens (tertiary/aromatic N) is 3. The van der Waals surface area contributed by atoms with Crippen molar-refractivity contribution < 1.29 is 27.1 Å². The minimum atomic E-state index is -3.60. The van der Waals surface area contributed by atoms with Crippen molar-refractivity contribution in [3.63, 3.8) is 0 Å². The number of benzene rings is 2. The molecule has 1 aliphatic rings. The number of ether oxygens (including phenoxy) is 2. The number of fused-ring (bicyclic) bond motifs is 1. The molecule has 1 unspecified atom stereocenters. The number of hydrogen-bond acceptors (Lipinski definition) is 8. The van der Waals surface area contributed by atoms with E-state index in [9.17, 15) is 13.2 Å². The van der Waals surface area contributed by atoms with Crippen LogP contribution >= 0.6 is 0 Å². The molecule has 1 aromatic heterocycles. The van der Waals surface area contributed by atoms with Crippen molar-refractivity contribution in [1.82, 2.24) is 14.5 Å². The lowest BCUT2D eigenvalue weighted by Gasteiger charge is -2.23. The highest BCUT2D eigenvalue weighted by molar-refractivity contribution is 7.89. The third-order valence-corrected chi connectivity index (χ3v) is 6.97. The van der Waals surface area contributed by atoms with Crippen LogP contribution < -0.4 is 14.8 Å². The first-order valence-corrected chi connectivity index (χ1v) is 11.5. The lowest BCUT2D eigenvalue weighted by atomic mass is 10.2. The summed E-state index contributed by atoms with van der Waals surface area (Å²) in [5, 5.41) is 10.3. The average molecular weight is 458 g/mol. The number of amides is 1. The standard InChI is InChI=1S/C21H22N4O6S/c1-3-25(4-2)32(27,28)15-11-9-14(10-12-15)19(26)22-21-24-23-20(31-21)18-13-29-16-7-5-6-8-17(16)30-18/h5-12,18H,3-4,13H2,1-2H3,(H,22,24,26). The molecule has 2 aromatic carbocycles. The lowest BCUT2D eigenvalue weighted by molar-refractivity contribution is 0.0716. The number of hydrogen-bond donors (Lipinski definition) is 1. The van der Waals surface area contributed by atoms with E-state index in [4.69, 9.17) is 13.9 Å². The molecule has 0 saturated carbocycles. The molecule has 168 valence electrons. The molecule has 0 bridgehead atoms. The van der Waals surface area contributed by atoms with Crippen LogP contribution in [0.25, 0.3) is 0 Å². The van der Waals surface area contributed by atoms with Gasteiger partial charge in [0.25, 0.3) is 11.8 Å². The molecule has 1 aliphatic heterocycles. The second-order valence-electron chi connectivity index (χ2n) is 6.88. The van der Waals surface area contributed by atoms with Crippen LogP contribution in [0.3, 0.4) is 0 Å². The van der Waals surface area contributed by atoms with Gasteiger partial charge in [0.15, 0.2) is 11.5 Å². The Labute approximate surface area is 185 Å². The highest BCUT2D eigenvalue weighted by Gasteiger charge is 2.28. The molecule has 0 aliphatic carbocycles. The number of sulfonamides is 1. The molecular weight excluding hydrogens is 436 g/mol. The largest absolute Gasteiger partial charge is 0.485 e. The number of anilines is 1. The number of carbonyl (C=O) groups is 1. The molecule has 11 heteroatoms. The smallest absolute Gasteiger partial charge is 0.322 e. The van der Waals surface area contributed by atoms with E-state index in [-0.39, 0.29) is 29.0 Å². The highest BCUT2D eigenvalue weighted by Crippen LogP contribution is 2.35. The summed E-state index contributed by atoms with van der Waals surface area (Å²) in [6, 6.07) is 12.8. The van der Waals surface area contributed by atoms with E-state index >= 15 is 0 Å². The van der Waals surface area contributed by atoms with E-state index in [1.807, 2.05) is 12.1 Å². The fourth-order valence-corrected chi connectivity index (χ4v) is 4.67. The van der Waals surface area contributed by atoms with Crippen LogP contribution in [-0.4, -0.2) is 48.5 Å². The van der Waals surface area contributed by atoms with E-state index in [0.29, 0.717) is 24.6 Å². The Hall–Kier alpha value is -3.44. The van der Waals surface area contributed by atoms with Crippen molar-refractivity contribution in [2.45, 2.75) is 24.8 Å². The Bertz CT molecular complexity index is 1210. The van der Waals surface area contributed by atoms with Crippen LogP contribution in [0.5, 0.6) is 11.5 Å². The van der Waals surface area contributed by atoms with Gasteiger partial charge < -0.3 is 13.9 Å². The minimum Gasteiger partial charge on any atom is -0.485 e. The van der Waals surface area contributed by atoms with Crippen LogP contribution in [0, 0.1) is 0 Å². The zero-order valence-electron chi connectivity index (χ0n) is 17.5. The van der Waals surface area contributed by atoms with Gasteiger partial charge in [-0.15, -0.1) is 5.10 Å². The Morgan fingerprint density at radius 3 is 2.44 bits per heavy atom. The zero-order chi connectivity index (χ0) is 22.7. The maximum atomic E-state index is 12.6. The summed E-state index contributed by atoms with van der Waals surface area (Å²) in [6.45, 7) is 4.45. The van der Waals surface area contributed by atoms with Crippen molar-refractivity contribution >= 4 is 21.9 Å². The van der Waals surface area contributed by atoms with Crippen molar-refractivity contribution in [1.29, 1.82) is 0 Å². The SMILES string of the molecule is CCN(CC)S(=O)(=O)c1ccc(C(=O)Nc2nnc(C3COc4ccccc4O3)o2)cc1. The van der Waals surface area contributed by atoms with Crippen LogP contribution in [0.4, 0.5) is 6.01 Å². The third kappa shape index (κ3) is 4.30. The highest BCUT2D eigenvalue weighted by atomic mass is 32.2. The quantitative estimate of drug-likeness (QED) is 0.573. The Morgan fingerprint density at radius 1 is 1.06 bits per heavy atom. The summed E-state index contributed by atoms with van der Waals surface area (Å²) < 4.78 is 43.4. The molecule has 3 aromatic rings. The van der Waals surface area contributed by atoms with Crippen LogP contribution in [0.15, 0.2) is 57.8 Å². The fourth-order valence-electron chi connectivity index (χ4n) is 3.22. The van der Waals surface area contributed by atoms with E-state index in [1.54, 1.807) is 26.0 Å². The van der Waals surface area contributed by atoms with E-state index in [0.717, 1.165) is 0 Å². The van der Waals surface area contributed by atoms with Gasteiger partial charge in [0.05, 0.1) is 4.90 Å². The van der Waals surface area contributed by atoms with Gasteiger partial charge in [-0.25, -0.2) is 8.42 Å². The van der Waals surface area contributed by atoms with Crippen LogP contribution in [0.1, 0.15) is 36.2 Å². The molecule has 1 amide bonds. The first kappa shape index (κ1) is 21.8. The number of carbonyl (C=O) groups excluding carboxylic acids is 1. The number of aromatic nitrogens is 2. The van der Waals surface area contributed by atoms with Gasteiger partial charge in [-0.2, -0.15) is 4.31 Å². The maximum Gasteiger partial charge on any atom is 0.322 e. The first-order valence-electron chi connectivity index (χ1n) is 10.1. The van der Waals surface area contributed by atoms with Gasteiger partial charge >= 0.3 is 6.01 Å². The van der Waals surface area contributed by atoms with Gasteiger partial charge in [0.1, 0.15) is 6.61 Å².